The smallest absolute Gasteiger partial charge is 0.329 e. The van der Waals surface area contributed by atoms with Gasteiger partial charge in [0.15, 0.2) is 0 Å². The molecule has 0 spiro atoms. The predicted molar refractivity (Wildman–Crippen MR) is 70.2 cm³/mol. The normalized spacial score (nSPS) is 28.1. The first-order valence-corrected chi connectivity index (χ1v) is 7.03. The number of hydrogen-bond donors (Lipinski definition) is 2. The largest absolute Gasteiger partial charge is 0.479 e. The van der Waals surface area contributed by atoms with Crippen molar-refractivity contribution in [1.29, 1.82) is 0 Å². The zero-order valence-electron chi connectivity index (χ0n) is 11.7. The summed E-state index contributed by atoms with van der Waals surface area (Å²) in [7, 11) is 0. The van der Waals surface area contributed by atoms with Crippen molar-refractivity contribution in [3.63, 3.8) is 0 Å². The minimum absolute atomic E-state index is 0.00191. The SMILES string of the molecule is CCC(CC)C(=O)NC1(C(=O)O)CCCCC1C. The van der Waals surface area contributed by atoms with Gasteiger partial charge in [0.25, 0.3) is 0 Å². The highest BCUT2D eigenvalue weighted by Crippen LogP contribution is 2.34. The van der Waals surface area contributed by atoms with Gasteiger partial charge in [0.1, 0.15) is 5.54 Å². The number of carboxylic acids is 1. The maximum atomic E-state index is 12.2. The van der Waals surface area contributed by atoms with E-state index < -0.39 is 11.5 Å². The van der Waals surface area contributed by atoms with Crippen LogP contribution in [-0.4, -0.2) is 22.5 Å². The van der Waals surface area contributed by atoms with Crippen molar-refractivity contribution in [3.8, 4) is 0 Å². The molecule has 0 aliphatic heterocycles. The third-order valence-corrected chi connectivity index (χ3v) is 4.38. The summed E-state index contributed by atoms with van der Waals surface area (Å²) in [6.45, 7) is 5.86. The first kappa shape index (κ1) is 15.0. The maximum Gasteiger partial charge on any atom is 0.329 e. The minimum atomic E-state index is -1.04. The number of amides is 1. The summed E-state index contributed by atoms with van der Waals surface area (Å²) in [6, 6.07) is 0. The highest BCUT2D eigenvalue weighted by atomic mass is 16.4. The average molecular weight is 255 g/mol. The molecule has 1 aliphatic rings. The summed E-state index contributed by atoms with van der Waals surface area (Å²) in [6.07, 6.45) is 4.86. The van der Waals surface area contributed by atoms with Crippen molar-refractivity contribution in [2.45, 2.75) is 64.8 Å². The van der Waals surface area contributed by atoms with E-state index in [1.54, 1.807) is 0 Å². The standard InChI is InChI=1S/C14H25NO3/c1-4-11(5-2)12(16)15-14(13(17)18)9-7-6-8-10(14)3/h10-11H,4-9H2,1-3H3,(H,15,16)(H,17,18). The second-order valence-corrected chi connectivity index (χ2v) is 5.43. The van der Waals surface area contributed by atoms with Crippen LogP contribution in [0.15, 0.2) is 0 Å². The van der Waals surface area contributed by atoms with Crippen LogP contribution in [0.1, 0.15) is 59.3 Å². The number of hydrogen-bond acceptors (Lipinski definition) is 2. The lowest BCUT2D eigenvalue weighted by molar-refractivity contribution is -0.152. The molecule has 4 heteroatoms. The zero-order valence-corrected chi connectivity index (χ0v) is 11.7. The molecule has 1 rings (SSSR count). The molecule has 1 saturated carbocycles. The van der Waals surface area contributed by atoms with Gasteiger partial charge in [0.2, 0.25) is 5.91 Å². The van der Waals surface area contributed by atoms with Crippen LogP contribution in [0.25, 0.3) is 0 Å². The molecule has 0 aromatic carbocycles. The number of nitrogens with one attached hydrogen (secondary N) is 1. The molecule has 2 atom stereocenters. The Morgan fingerprint density at radius 3 is 2.39 bits per heavy atom. The van der Waals surface area contributed by atoms with E-state index in [9.17, 15) is 14.7 Å². The van der Waals surface area contributed by atoms with Crippen molar-refractivity contribution in [3.05, 3.63) is 0 Å². The molecule has 0 aromatic heterocycles. The minimum Gasteiger partial charge on any atom is -0.479 e. The second-order valence-electron chi connectivity index (χ2n) is 5.43. The van der Waals surface area contributed by atoms with E-state index in [0.29, 0.717) is 6.42 Å². The first-order valence-electron chi connectivity index (χ1n) is 7.03. The number of carbonyl (C=O) groups is 2. The van der Waals surface area contributed by atoms with E-state index in [2.05, 4.69) is 5.32 Å². The van der Waals surface area contributed by atoms with E-state index in [4.69, 9.17) is 0 Å². The fraction of sp³-hybridized carbons (Fsp3) is 0.857. The lowest BCUT2D eigenvalue weighted by Gasteiger charge is -2.40. The number of aliphatic carboxylic acids is 1. The zero-order chi connectivity index (χ0) is 13.8. The van der Waals surface area contributed by atoms with E-state index in [1.807, 2.05) is 20.8 Å². The van der Waals surface area contributed by atoms with E-state index >= 15 is 0 Å². The van der Waals surface area contributed by atoms with Crippen LogP contribution < -0.4 is 5.32 Å². The van der Waals surface area contributed by atoms with Gasteiger partial charge < -0.3 is 10.4 Å². The molecule has 0 aromatic rings. The quantitative estimate of drug-likeness (QED) is 0.793. The first-order chi connectivity index (χ1) is 8.47. The van der Waals surface area contributed by atoms with E-state index in [1.165, 1.54) is 0 Å². The molecule has 4 nitrogen and oxygen atoms in total. The molecule has 18 heavy (non-hydrogen) atoms. The van der Waals surface area contributed by atoms with Crippen LogP contribution in [0, 0.1) is 11.8 Å². The third kappa shape index (κ3) is 2.85. The Balaban J connectivity index is 2.86. The lowest BCUT2D eigenvalue weighted by atomic mass is 9.73. The fourth-order valence-corrected chi connectivity index (χ4v) is 2.89. The van der Waals surface area contributed by atoms with Crippen molar-refractivity contribution in [2.75, 3.05) is 0 Å². The molecule has 0 radical (unpaired) electrons. The number of carboxylic acid groups (broad SMARTS) is 1. The molecule has 104 valence electrons. The molecule has 1 fully saturated rings. The molecule has 2 unspecified atom stereocenters. The molecule has 0 heterocycles. The van der Waals surface area contributed by atoms with Crippen LogP contribution in [0.4, 0.5) is 0 Å². The summed E-state index contributed by atoms with van der Waals surface area (Å²) in [5.41, 5.74) is -1.04. The summed E-state index contributed by atoms with van der Waals surface area (Å²) in [5, 5.41) is 12.4. The Morgan fingerprint density at radius 1 is 1.33 bits per heavy atom. The fourth-order valence-electron chi connectivity index (χ4n) is 2.89. The lowest BCUT2D eigenvalue weighted by Crippen LogP contribution is -2.61. The molecule has 0 saturated heterocycles. The molecule has 1 aliphatic carbocycles. The van der Waals surface area contributed by atoms with Gasteiger partial charge in [-0.25, -0.2) is 4.79 Å². The highest BCUT2D eigenvalue weighted by molar-refractivity contribution is 5.88. The van der Waals surface area contributed by atoms with Gasteiger partial charge in [-0.2, -0.15) is 0 Å². The van der Waals surface area contributed by atoms with Crippen LogP contribution in [0.3, 0.4) is 0 Å². The highest BCUT2D eigenvalue weighted by Gasteiger charge is 2.46. The van der Waals surface area contributed by atoms with Crippen LogP contribution >= 0.6 is 0 Å². The summed E-state index contributed by atoms with van der Waals surface area (Å²) < 4.78 is 0. The van der Waals surface area contributed by atoms with Crippen molar-refractivity contribution >= 4 is 11.9 Å². The van der Waals surface area contributed by atoms with Gasteiger partial charge in [-0.05, 0) is 31.6 Å². The summed E-state index contributed by atoms with van der Waals surface area (Å²) >= 11 is 0. The Bertz CT molecular complexity index is 312. The predicted octanol–water partition coefficient (Wildman–Crippen LogP) is 2.57. The second kappa shape index (κ2) is 6.21. The van der Waals surface area contributed by atoms with Gasteiger partial charge in [0, 0.05) is 5.92 Å². The summed E-state index contributed by atoms with van der Waals surface area (Å²) in [5.74, 6) is -1.05. The molecular formula is C14H25NO3. The van der Waals surface area contributed by atoms with Gasteiger partial charge >= 0.3 is 5.97 Å². The Labute approximate surface area is 109 Å². The van der Waals surface area contributed by atoms with Gasteiger partial charge in [-0.15, -0.1) is 0 Å². The van der Waals surface area contributed by atoms with Gasteiger partial charge in [0.05, 0.1) is 0 Å². The van der Waals surface area contributed by atoms with Gasteiger partial charge in [-0.3, -0.25) is 4.79 Å². The van der Waals surface area contributed by atoms with Crippen molar-refractivity contribution in [2.24, 2.45) is 11.8 Å². The molecular weight excluding hydrogens is 230 g/mol. The monoisotopic (exact) mass is 255 g/mol. The Kier molecular flexibility index (Phi) is 5.17. The average Bonchev–Trinajstić information content (AvgIpc) is 2.33. The maximum absolute atomic E-state index is 12.2. The van der Waals surface area contributed by atoms with Crippen LogP contribution in [-0.2, 0) is 9.59 Å². The van der Waals surface area contributed by atoms with Crippen molar-refractivity contribution in [1.82, 2.24) is 5.32 Å². The molecule has 0 bridgehead atoms. The summed E-state index contributed by atoms with van der Waals surface area (Å²) in [4.78, 5) is 23.8. The van der Waals surface area contributed by atoms with Crippen LogP contribution in [0.5, 0.6) is 0 Å². The third-order valence-electron chi connectivity index (χ3n) is 4.38. The van der Waals surface area contributed by atoms with E-state index in [0.717, 1.165) is 32.1 Å². The molecule has 1 amide bonds. The number of rotatable bonds is 5. The topological polar surface area (TPSA) is 66.4 Å². The number of carbonyl (C=O) groups excluding carboxylic acids is 1. The van der Waals surface area contributed by atoms with Crippen LogP contribution in [0.2, 0.25) is 0 Å². The Hall–Kier alpha value is -1.06. The van der Waals surface area contributed by atoms with Crippen molar-refractivity contribution < 1.29 is 14.7 Å². The van der Waals surface area contributed by atoms with Gasteiger partial charge in [-0.1, -0.05) is 33.6 Å². The molecule has 2 N–H and O–H groups in total. The Morgan fingerprint density at radius 2 is 1.94 bits per heavy atom. The van der Waals surface area contributed by atoms with E-state index in [-0.39, 0.29) is 17.7 Å².